The zero-order chi connectivity index (χ0) is 19.4. The summed E-state index contributed by atoms with van der Waals surface area (Å²) in [6.07, 6.45) is 2.17. The number of amides is 1. The predicted molar refractivity (Wildman–Crippen MR) is 102 cm³/mol. The summed E-state index contributed by atoms with van der Waals surface area (Å²) in [7, 11) is 0. The molecule has 2 aromatic heterocycles. The van der Waals surface area contributed by atoms with E-state index in [-0.39, 0.29) is 11.9 Å². The molecule has 0 radical (unpaired) electrons. The lowest BCUT2D eigenvalue weighted by Crippen LogP contribution is -2.54. The van der Waals surface area contributed by atoms with E-state index in [4.69, 9.17) is 5.26 Å². The zero-order valence-corrected chi connectivity index (χ0v) is 16.0. The number of hydrogen-bond acceptors (Lipinski definition) is 6. The van der Waals surface area contributed by atoms with Crippen molar-refractivity contribution in [1.82, 2.24) is 20.1 Å². The monoisotopic (exact) mass is 364 g/mol. The van der Waals surface area contributed by atoms with Gasteiger partial charge in [0.15, 0.2) is 11.5 Å². The Morgan fingerprint density at radius 2 is 2.07 bits per heavy atom. The molecule has 0 N–H and O–H groups in total. The molecule has 1 saturated heterocycles. The van der Waals surface area contributed by atoms with E-state index in [0.29, 0.717) is 37.7 Å². The fraction of sp³-hybridized carbons (Fsp3) is 0.450. The van der Waals surface area contributed by atoms with Gasteiger partial charge in [-0.15, -0.1) is 10.2 Å². The van der Waals surface area contributed by atoms with Gasteiger partial charge in [0, 0.05) is 37.6 Å². The topological polar surface area (TPSA) is 86.0 Å². The van der Waals surface area contributed by atoms with Crippen LogP contribution in [0.15, 0.2) is 30.5 Å². The van der Waals surface area contributed by atoms with Gasteiger partial charge in [-0.1, -0.05) is 19.9 Å². The molecule has 1 aliphatic heterocycles. The van der Waals surface area contributed by atoms with Crippen LogP contribution in [0.3, 0.4) is 0 Å². The van der Waals surface area contributed by atoms with Gasteiger partial charge in [-0.3, -0.25) is 9.78 Å². The molecule has 0 unspecified atom stereocenters. The van der Waals surface area contributed by atoms with Crippen molar-refractivity contribution >= 4 is 11.7 Å². The van der Waals surface area contributed by atoms with Crippen LogP contribution >= 0.6 is 0 Å². The number of hydrogen-bond donors (Lipinski definition) is 0. The van der Waals surface area contributed by atoms with Gasteiger partial charge in [-0.25, -0.2) is 0 Å². The number of carbonyl (C=O) groups excluding carboxylic acids is 1. The van der Waals surface area contributed by atoms with E-state index in [0.717, 1.165) is 17.1 Å². The van der Waals surface area contributed by atoms with Crippen LogP contribution in [0.5, 0.6) is 0 Å². The Balaban J connectivity index is 1.59. The van der Waals surface area contributed by atoms with Crippen LogP contribution in [0, 0.1) is 11.3 Å². The highest BCUT2D eigenvalue weighted by Crippen LogP contribution is 2.19. The second kappa shape index (κ2) is 8.12. The number of piperazine rings is 1. The van der Waals surface area contributed by atoms with Gasteiger partial charge in [0.05, 0.1) is 6.42 Å². The van der Waals surface area contributed by atoms with E-state index >= 15 is 0 Å². The van der Waals surface area contributed by atoms with E-state index in [1.165, 1.54) is 0 Å². The summed E-state index contributed by atoms with van der Waals surface area (Å²) < 4.78 is 0. The molecule has 27 heavy (non-hydrogen) atoms. The van der Waals surface area contributed by atoms with Crippen molar-refractivity contribution in [3.63, 3.8) is 0 Å². The third-order valence-corrected chi connectivity index (χ3v) is 4.83. The largest absolute Gasteiger partial charge is 0.349 e. The number of rotatable bonds is 4. The van der Waals surface area contributed by atoms with Crippen LogP contribution in [0.25, 0.3) is 0 Å². The van der Waals surface area contributed by atoms with E-state index < -0.39 is 0 Å². The molecular formula is C20H24N6O. The van der Waals surface area contributed by atoms with Crippen molar-refractivity contribution in [3.05, 3.63) is 47.4 Å². The first-order valence-corrected chi connectivity index (χ1v) is 9.21. The fourth-order valence-electron chi connectivity index (χ4n) is 3.23. The summed E-state index contributed by atoms with van der Waals surface area (Å²) in [6, 6.07) is 9.57. The summed E-state index contributed by atoms with van der Waals surface area (Å²) in [4.78, 5) is 21.1. The predicted octanol–water partition coefficient (Wildman–Crippen LogP) is 2.15. The van der Waals surface area contributed by atoms with Gasteiger partial charge in [-0.05, 0) is 36.6 Å². The SMILES string of the molecule is CC(C)c1ccc(CC(=O)N2CCN(c3ccc(C#N)nn3)[C@H](C)C2)cn1. The number of nitriles is 1. The van der Waals surface area contributed by atoms with Crippen molar-refractivity contribution in [3.8, 4) is 6.07 Å². The van der Waals surface area contributed by atoms with Crippen molar-refractivity contribution in [2.45, 2.75) is 39.2 Å². The maximum Gasteiger partial charge on any atom is 0.227 e. The van der Waals surface area contributed by atoms with Crippen molar-refractivity contribution in [2.24, 2.45) is 0 Å². The Labute approximate surface area is 159 Å². The van der Waals surface area contributed by atoms with Crippen LogP contribution < -0.4 is 4.90 Å². The van der Waals surface area contributed by atoms with Gasteiger partial charge in [-0.2, -0.15) is 5.26 Å². The molecule has 1 atom stereocenters. The summed E-state index contributed by atoms with van der Waals surface area (Å²) in [5, 5.41) is 16.9. The molecule has 0 spiro atoms. The highest BCUT2D eigenvalue weighted by atomic mass is 16.2. The fourth-order valence-corrected chi connectivity index (χ4v) is 3.23. The molecule has 0 aliphatic carbocycles. The molecule has 140 valence electrons. The Bertz CT molecular complexity index is 825. The molecule has 1 amide bonds. The minimum atomic E-state index is 0.117. The zero-order valence-electron chi connectivity index (χ0n) is 16.0. The maximum atomic E-state index is 12.7. The van der Waals surface area contributed by atoms with Crippen LogP contribution in [0.4, 0.5) is 5.82 Å². The van der Waals surface area contributed by atoms with E-state index in [1.54, 1.807) is 12.3 Å². The smallest absolute Gasteiger partial charge is 0.227 e. The molecule has 7 heteroatoms. The third-order valence-electron chi connectivity index (χ3n) is 4.83. The normalized spacial score (nSPS) is 17.1. The summed E-state index contributed by atoms with van der Waals surface area (Å²) in [6.45, 7) is 8.25. The van der Waals surface area contributed by atoms with Gasteiger partial charge in [0.1, 0.15) is 6.07 Å². The minimum Gasteiger partial charge on any atom is -0.349 e. The lowest BCUT2D eigenvalue weighted by Gasteiger charge is -2.40. The number of anilines is 1. The molecule has 0 bridgehead atoms. The highest BCUT2D eigenvalue weighted by molar-refractivity contribution is 5.79. The van der Waals surface area contributed by atoms with Gasteiger partial charge in [0.2, 0.25) is 5.91 Å². The van der Waals surface area contributed by atoms with Crippen LogP contribution in [0.1, 0.15) is 43.6 Å². The summed E-state index contributed by atoms with van der Waals surface area (Å²) in [5.74, 6) is 1.24. The average Bonchev–Trinajstić information content (AvgIpc) is 2.68. The molecule has 7 nitrogen and oxygen atoms in total. The lowest BCUT2D eigenvalue weighted by molar-refractivity contribution is -0.131. The van der Waals surface area contributed by atoms with Crippen LogP contribution in [-0.2, 0) is 11.2 Å². The lowest BCUT2D eigenvalue weighted by atomic mass is 10.1. The number of pyridine rings is 1. The molecule has 0 saturated carbocycles. The first-order chi connectivity index (χ1) is 13.0. The van der Waals surface area contributed by atoms with Gasteiger partial charge >= 0.3 is 0 Å². The van der Waals surface area contributed by atoms with E-state index in [2.05, 4.69) is 40.9 Å². The standard InChI is InChI=1S/C20H24N6O/c1-14(2)18-6-4-16(12-22-18)10-20(27)25-8-9-26(15(3)13-25)19-7-5-17(11-21)23-24-19/h4-7,12,14-15H,8-10,13H2,1-3H3/t15-/m1/s1. The Morgan fingerprint density at radius 3 is 2.63 bits per heavy atom. The van der Waals surface area contributed by atoms with Crippen LogP contribution in [0.2, 0.25) is 0 Å². The van der Waals surface area contributed by atoms with E-state index in [9.17, 15) is 4.79 Å². The number of aromatic nitrogens is 3. The molecule has 1 aliphatic rings. The Kier molecular flexibility index (Phi) is 5.65. The van der Waals surface area contributed by atoms with Crippen molar-refractivity contribution in [1.29, 1.82) is 5.26 Å². The molecule has 3 rings (SSSR count). The van der Waals surface area contributed by atoms with E-state index in [1.807, 2.05) is 29.2 Å². The molecule has 0 aromatic carbocycles. The summed E-state index contributed by atoms with van der Waals surface area (Å²) >= 11 is 0. The van der Waals surface area contributed by atoms with Crippen LogP contribution in [-0.4, -0.2) is 51.7 Å². The Hall–Kier alpha value is -3.01. The second-order valence-corrected chi connectivity index (χ2v) is 7.19. The molecule has 1 fully saturated rings. The summed E-state index contributed by atoms with van der Waals surface area (Å²) in [5.41, 5.74) is 2.28. The van der Waals surface area contributed by atoms with Gasteiger partial charge in [0.25, 0.3) is 0 Å². The number of carbonyl (C=O) groups is 1. The third kappa shape index (κ3) is 4.40. The highest BCUT2D eigenvalue weighted by Gasteiger charge is 2.27. The second-order valence-electron chi connectivity index (χ2n) is 7.19. The van der Waals surface area contributed by atoms with Gasteiger partial charge < -0.3 is 9.80 Å². The maximum absolute atomic E-state index is 12.7. The number of nitrogens with zero attached hydrogens (tertiary/aromatic N) is 6. The molecule has 3 heterocycles. The first-order valence-electron chi connectivity index (χ1n) is 9.21. The van der Waals surface area contributed by atoms with Crippen molar-refractivity contribution in [2.75, 3.05) is 24.5 Å². The molecular weight excluding hydrogens is 340 g/mol. The Morgan fingerprint density at radius 1 is 1.26 bits per heavy atom. The molecule has 2 aromatic rings. The first kappa shape index (κ1) is 18.8. The average molecular weight is 364 g/mol. The quantitative estimate of drug-likeness (QED) is 0.826. The van der Waals surface area contributed by atoms with Crippen molar-refractivity contribution < 1.29 is 4.79 Å². The minimum absolute atomic E-state index is 0.117.